The van der Waals surface area contributed by atoms with Crippen LogP contribution in [0.4, 0.5) is 0 Å². The Morgan fingerprint density at radius 2 is 1.82 bits per heavy atom. The Kier molecular flexibility index (Phi) is 10.9. The van der Waals surface area contributed by atoms with Crippen LogP contribution in [0.1, 0.15) is 76.9 Å². The van der Waals surface area contributed by atoms with Crippen molar-refractivity contribution in [3.63, 3.8) is 0 Å². The molecule has 266 valence electrons. The lowest BCUT2D eigenvalue weighted by molar-refractivity contribution is -0.163. The topological polar surface area (TPSA) is 135 Å². The summed E-state index contributed by atoms with van der Waals surface area (Å²) in [6, 6.07) is 6.81. The number of carbonyl (C=O) groups is 4. The number of benzene rings is 1. The van der Waals surface area contributed by atoms with Gasteiger partial charge in [0.1, 0.15) is 23.7 Å². The van der Waals surface area contributed by atoms with E-state index in [1.807, 2.05) is 61.2 Å². The first-order valence-corrected chi connectivity index (χ1v) is 18.0. The predicted octanol–water partition coefficient (Wildman–Crippen LogP) is 3.47. The Balaban J connectivity index is 1.46. The predicted molar refractivity (Wildman–Crippen MR) is 181 cm³/mol. The fourth-order valence-electron chi connectivity index (χ4n) is 8.74. The number of carbonyl (C=O) groups excluding carboxylic acids is 4. The number of nitrogens with one attached hydrogen (secondary N) is 1. The van der Waals surface area contributed by atoms with E-state index in [9.17, 15) is 24.3 Å². The van der Waals surface area contributed by atoms with Gasteiger partial charge < -0.3 is 34.4 Å². The first kappa shape index (κ1) is 35.3. The summed E-state index contributed by atoms with van der Waals surface area (Å²) in [6.45, 7) is 4.10. The number of fused-ring (bicyclic) bond motifs is 2. The average Bonchev–Trinajstić information content (AvgIpc) is 3.50. The summed E-state index contributed by atoms with van der Waals surface area (Å²) in [7, 11) is 1.52. The summed E-state index contributed by atoms with van der Waals surface area (Å²) >= 11 is 0. The maximum atomic E-state index is 15.0. The van der Waals surface area contributed by atoms with Gasteiger partial charge in [0, 0.05) is 26.1 Å². The van der Waals surface area contributed by atoms with Gasteiger partial charge in [-0.05, 0) is 30.7 Å². The Hall–Kier alpha value is -3.54. The van der Waals surface area contributed by atoms with Gasteiger partial charge in [0.2, 0.25) is 17.7 Å². The summed E-state index contributed by atoms with van der Waals surface area (Å²) in [5.74, 6) is -3.75. The van der Waals surface area contributed by atoms with Gasteiger partial charge in [-0.25, -0.2) is 0 Å². The van der Waals surface area contributed by atoms with Crippen LogP contribution >= 0.6 is 0 Å². The van der Waals surface area contributed by atoms with Gasteiger partial charge in [0.15, 0.2) is 0 Å². The smallest absolute Gasteiger partial charge is 0.313 e. The van der Waals surface area contributed by atoms with E-state index in [1.165, 1.54) is 7.11 Å². The SMILES string of the molecule is CC[C@H](C)[C@H](CO)N1C(=O)[C@H]2[C@@H]3C(=O)O[C@@H](c4ccccc4)[C@H](COC)NC(=O)CC/C=C\[C@@H]3O[C@]23C=CCN(C2CCCCC2)C(=O)[C@H]13. The number of methoxy groups -OCH3 is 1. The number of nitrogens with zero attached hydrogens (tertiary/aromatic N) is 2. The van der Waals surface area contributed by atoms with Crippen LogP contribution in [-0.4, -0.2) is 101 Å². The van der Waals surface area contributed by atoms with Crippen molar-refractivity contribution in [1.29, 1.82) is 0 Å². The van der Waals surface area contributed by atoms with Crippen molar-refractivity contribution in [2.75, 3.05) is 26.9 Å². The highest BCUT2D eigenvalue weighted by Crippen LogP contribution is 2.54. The van der Waals surface area contributed by atoms with Gasteiger partial charge in [0.25, 0.3) is 0 Å². The number of cyclic esters (lactones) is 1. The molecule has 4 heterocycles. The lowest BCUT2D eigenvalue weighted by atomic mass is 9.77. The highest BCUT2D eigenvalue weighted by Gasteiger charge is 2.73. The lowest BCUT2D eigenvalue weighted by Gasteiger charge is -2.42. The first-order chi connectivity index (χ1) is 23.7. The molecule has 0 aromatic heterocycles. The molecule has 0 bridgehead atoms. The minimum absolute atomic E-state index is 0.0436. The molecule has 0 radical (unpaired) electrons. The number of likely N-dealkylation sites (tertiary alicyclic amines) is 1. The molecule has 9 atom stereocenters. The molecular formula is C38H51N3O8. The van der Waals surface area contributed by atoms with E-state index in [2.05, 4.69) is 5.32 Å². The van der Waals surface area contributed by atoms with E-state index in [4.69, 9.17) is 14.2 Å². The second kappa shape index (κ2) is 15.1. The van der Waals surface area contributed by atoms with Crippen LogP contribution in [0, 0.1) is 17.8 Å². The molecule has 1 aliphatic carbocycles. The number of amides is 3. The van der Waals surface area contributed by atoms with Crippen LogP contribution < -0.4 is 5.32 Å². The van der Waals surface area contributed by atoms with Gasteiger partial charge in [-0.3, -0.25) is 19.2 Å². The standard InChI is InChI=1S/C38H51N3O8/c1-4-24(2)28(22-42)41-34-36(45)40(26-16-9-6-10-17-26)21-13-20-38(34)32(35(41)44)31-29(49-38)18-11-12-19-30(43)39-27(23-47-3)33(48-37(31)46)25-14-7-5-8-15-25/h5,7-8,11,13-15,18,20,24,26-29,31-34,42H,4,6,9-10,12,16-17,19,21-23H2,1-3H3,(H,39,43)/b18-11-/t24-,27-,28-,29-,31+,32+,33-,34-,38+/m0/s1. The summed E-state index contributed by atoms with van der Waals surface area (Å²) in [5.41, 5.74) is -0.794. The summed E-state index contributed by atoms with van der Waals surface area (Å²) in [6.07, 6.45) is 11.7. The van der Waals surface area contributed by atoms with Gasteiger partial charge in [-0.1, -0.05) is 94.2 Å². The van der Waals surface area contributed by atoms with Crippen molar-refractivity contribution >= 4 is 23.7 Å². The Bertz CT molecular complexity index is 1430. The lowest BCUT2D eigenvalue weighted by Crippen LogP contribution is -2.60. The molecule has 3 amide bonds. The molecule has 1 spiro atoms. The van der Waals surface area contributed by atoms with E-state index in [0.29, 0.717) is 24.9 Å². The van der Waals surface area contributed by atoms with Crippen molar-refractivity contribution in [1.82, 2.24) is 15.1 Å². The molecule has 6 rings (SSSR count). The number of hydrogen-bond acceptors (Lipinski definition) is 8. The fraction of sp³-hybridized carbons (Fsp3) is 0.632. The Labute approximate surface area is 289 Å². The third kappa shape index (κ3) is 6.57. The van der Waals surface area contributed by atoms with Crippen LogP contribution in [0.2, 0.25) is 0 Å². The molecule has 2 saturated heterocycles. The van der Waals surface area contributed by atoms with Crippen LogP contribution in [0.15, 0.2) is 54.6 Å². The molecule has 0 unspecified atom stereocenters. The summed E-state index contributed by atoms with van der Waals surface area (Å²) < 4.78 is 18.7. The maximum absolute atomic E-state index is 15.0. The number of rotatable bonds is 8. The van der Waals surface area contributed by atoms with Gasteiger partial charge in [0.05, 0.1) is 37.3 Å². The molecule has 2 N–H and O–H groups in total. The second-order valence-electron chi connectivity index (χ2n) is 14.3. The van der Waals surface area contributed by atoms with Crippen molar-refractivity contribution in [2.24, 2.45) is 17.8 Å². The van der Waals surface area contributed by atoms with Crippen LogP contribution in [0.5, 0.6) is 0 Å². The first-order valence-electron chi connectivity index (χ1n) is 18.0. The van der Waals surface area contributed by atoms with E-state index in [-0.39, 0.29) is 43.4 Å². The number of aliphatic hydroxyl groups is 1. The minimum atomic E-state index is -1.46. The average molecular weight is 678 g/mol. The number of ether oxygens (including phenoxy) is 3. The second-order valence-corrected chi connectivity index (χ2v) is 14.3. The van der Waals surface area contributed by atoms with E-state index in [1.54, 1.807) is 17.1 Å². The normalized spacial score (nSPS) is 34.4. The quantitative estimate of drug-likeness (QED) is 0.316. The molecule has 49 heavy (non-hydrogen) atoms. The van der Waals surface area contributed by atoms with Crippen LogP contribution in [0.3, 0.4) is 0 Å². The molecule has 1 saturated carbocycles. The zero-order valence-corrected chi connectivity index (χ0v) is 28.9. The highest BCUT2D eigenvalue weighted by atomic mass is 16.6. The molecular weight excluding hydrogens is 626 g/mol. The third-order valence-corrected chi connectivity index (χ3v) is 11.4. The van der Waals surface area contributed by atoms with Crippen molar-refractivity contribution in [3.05, 3.63) is 60.2 Å². The molecule has 3 fully saturated rings. The van der Waals surface area contributed by atoms with E-state index in [0.717, 1.165) is 32.1 Å². The van der Waals surface area contributed by atoms with Crippen LogP contribution in [0.25, 0.3) is 0 Å². The van der Waals surface area contributed by atoms with Crippen LogP contribution in [-0.2, 0) is 33.4 Å². The maximum Gasteiger partial charge on any atom is 0.313 e. The molecule has 1 aromatic rings. The molecule has 4 aliphatic heterocycles. The van der Waals surface area contributed by atoms with E-state index < -0.39 is 59.6 Å². The Morgan fingerprint density at radius 3 is 2.51 bits per heavy atom. The fourth-order valence-corrected chi connectivity index (χ4v) is 8.74. The number of hydrogen-bond donors (Lipinski definition) is 2. The minimum Gasteiger partial charge on any atom is -0.455 e. The van der Waals surface area contributed by atoms with Gasteiger partial charge in [-0.2, -0.15) is 0 Å². The highest BCUT2D eigenvalue weighted by molar-refractivity contribution is 5.99. The van der Waals surface area contributed by atoms with E-state index >= 15 is 0 Å². The summed E-state index contributed by atoms with van der Waals surface area (Å²) in [4.78, 5) is 61.0. The number of aliphatic hydroxyl groups excluding tert-OH is 1. The van der Waals surface area contributed by atoms with Crippen molar-refractivity contribution in [2.45, 2.75) is 107 Å². The summed E-state index contributed by atoms with van der Waals surface area (Å²) in [5, 5.41) is 13.7. The van der Waals surface area contributed by atoms with Crippen molar-refractivity contribution in [3.8, 4) is 0 Å². The zero-order valence-electron chi connectivity index (χ0n) is 28.9. The Morgan fingerprint density at radius 1 is 1.06 bits per heavy atom. The number of allylic oxidation sites excluding steroid dienone is 1. The molecule has 1 aromatic carbocycles. The van der Waals surface area contributed by atoms with Crippen molar-refractivity contribution < 1.29 is 38.5 Å². The van der Waals surface area contributed by atoms with Gasteiger partial charge in [-0.15, -0.1) is 0 Å². The largest absolute Gasteiger partial charge is 0.455 e. The molecule has 5 aliphatic rings. The number of esters is 1. The monoisotopic (exact) mass is 677 g/mol. The zero-order chi connectivity index (χ0) is 34.7. The third-order valence-electron chi connectivity index (χ3n) is 11.4. The molecule has 11 nitrogen and oxygen atoms in total. The molecule has 11 heteroatoms. The van der Waals surface area contributed by atoms with Gasteiger partial charge >= 0.3 is 5.97 Å².